The highest BCUT2D eigenvalue weighted by atomic mass is 35.5. The molecule has 6 nitrogen and oxygen atoms in total. The summed E-state index contributed by atoms with van der Waals surface area (Å²) < 4.78 is 2.28. The molecule has 1 aliphatic rings. The number of fused-ring (bicyclic) bond motifs is 3. The minimum Gasteiger partial charge on any atom is -0.370 e. The van der Waals surface area contributed by atoms with E-state index >= 15 is 0 Å². The van der Waals surface area contributed by atoms with E-state index in [2.05, 4.69) is 51.3 Å². The first-order chi connectivity index (χ1) is 15.4. The van der Waals surface area contributed by atoms with Gasteiger partial charge in [0, 0.05) is 52.5 Å². The van der Waals surface area contributed by atoms with Crippen molar-refractivity contribution in [3.8, 4) is 0 Å². The van der Waals surface area contributed by atoms with Crippen molar-refractivity contribution in [2.45, 2.75) is 12.7 Å². The fourth-order valence-corrected chi connectivity index (χ4v) is 4.52. The third kappa shape index (κ3) is 3.66. The molecular formula is C24H22Cl2N6. The molecule has 5 rings (SSSR count). The van der Waals surface area contributed by atoms with Gasteiger partial charge >= 0.3 is 0 Å². The molecule has 3 N–H and O–H groups in total. The van der Waals surface area contributed by atoms with Gasteiger partial charge in [0.15, 0.2) is 12.1 Å². The predicted octanol–water partition coefficient (Wildman–Crippen LogP) is 4.98. The number of halogens is 2. The number of nitrogens with two attached hydrogens (primary N) is 1. The van der Waals surface area contributed by atoms with Crippen molar-refractivity contribution in [3.05, 3.63) is 81.8 Å². The van der Waals surface area contributed by atoms with Gasteiger partial charge in [0.25, 0.3) is 0 Å². The van der Waals surface area contributed by atoms with Crippen LogP contribution in [0.1, 0.15) is 17.3 Å². The first-order valence-electron chi connectivity index (χ1n) is 10.2. The Morgan fingerprint density at radius 1 is 0.969 bits per heavy atom. The van der Waals surface area contributed by atoms with E-state index in [1.54, 1.807) is 6.07 Å². The molecule has 0 fully saturated rings. The molecule has 0 amide bonds. The molecule has 8 heteroatoms. The zero-order valence-corrected chi connectivity index (χ0v) is 19.2. The first kappa shape index (κ1) is 20.7. The summed E-state index contributed by atoms with van der Waals surface area (Å²) >= 11 is 12.6. The Labute approximate surface area is 196 Å². The number of benzene rings is 3. The summed E-state index contributed by atoms with van der Waals surface area (Å²) in [5.41, 5.74) is 10.3. The molecule has 0 saturated carbocycles. The Kier molecular flexibility index (Phi) is 5.19. The van der Waals surface area contributed by atoms with Crippen LogP contribution in [-0.4, -0.2) is 35.5 Å². The van der Waals surface area contributed by atoms with Gasteiger partial charge in [-0.1, -0.05) is 53.5 Å². The van der Waals surface area contributed by atoms with Gasteiger partial charge in [0.05, 0.1) is 0 Å². The number of guanidine groups is 2. The molecule has 0 aliphatic carbocycles. The Hall–Kier alpha value is -3.22. The van der Waals surface area contributed by atoms with Crippen molar-refractivity contribution in [3.63, 3.8) is 0 Å². The molecule has 162 valence electrons. The highest BCUT2D eigenvalue weighted by Gasteiger charge is 2.20. The fourth-order valence-electron chi connectivity index (χ4n) is 4.05. The SMILES string of the molecule is CN(C)C1=NC(c2ccc3c(c2)c2ccccc2n3Cc2ccc(Cl)cc2Cl)N=C(N)N1. The average Bonchev–Trinajstić information content (AvgIpc) is 3.08. The van der Waals surface area contributed by atoms with Crippen molar-refractivity contribution in [2.24, 2.45) is 15.7 Å². The van der Waals surface area contributed by atoms with Gasteiger partial charge in [-0.15, -0.1) is 0 Å². The first-order valence-corrected chi connectivity index (χ1v) is 11.0. The summed E-state index contributed by atoms with van der Waals surface area (Å²) in [7, 11) is 3.83. The van der Waals surface area contributed by atoms with Crippen molar-refractivity contribution < 1.29 is 0 Å². The second kappa shape index (κ2) is 8.04. The lowest BCUT2D eigenvalue weighted by atomic mass is 10.1. The standard InChI is InChI=1S/C24H22Cl2N6/c1-31(2)24-29-22(28-23(27)30-24)14-8-10-21-18(11-14)17-5-3-4-6-20(17)32(21)13-15-7-9-16(25)12-19(15)26/h3-12,22H,13H2,1-2H3,(H3,27,28,29,30). The van der Waals surface area contributed by atoms with Crippen LogP contribution in [0, 0.1) is 0 Å². The van der Waals surface area contributed by atoms with Crippen LogP contribution in [0.3, 0.4) is 0 Å². The van der Waals surface area contributed by atoms with Gasteiger partial charge in [-0.3, -0.25) is 5.32 Å². The average molecular weight is 465 g/mol. The smallest absolute Gasteiger partial charge is 0.202 e. The molecule has 1 unspecified atom stereocenters. The molecule has 0 bridgehead atoms. The Morgan fingerprint density at radius 3 is 2.53 bits per heavy atom. The molecule has 4 aromatic rings. The van der Waals surface area contributed by atoms with Gasteiger partial charge in [0.1, 0.15) is 0 Å². The fraction of sp³-hybridized carbons (Fsp3) is 0.167. The van der Waals surface area contributed by atoms with E-state index in [0.29, 0.717) is 28.5 Å². The summed E-state index contributed by atoms with van der Waals surface area (Å²) in [4.78, 5) is 11.1. The highest BCUT2D eigenvalue weighted by molar-refractivity contribution is 6.35. The number of nitrogens with one attached hydrogen (secondary N) is 1. The zero-order chi connectivity index (χ0) is 22.4. The molecule has 3 aromatic carbocycles. The van der Waals surface area contributed by atoms with E-state index in [4.69, 9.17) is 33.9 Å². The van der Waals surface area contributed by atoms with Crippen LogP contribution in [0.4, 0.5) is 0 Å². The molecular weight excluding hydrogens is 443 g/mol. The van der Waals surface area contributed by atoms with E-state index in [0.717, 1.165) is 32.9 Å². The van der Waals surface area contributed by atoms with Crippen LogP contribution >= 0.6 is 23.2 Å². The molecule has 0 spiro atoms. The van der Waals surface area contributed by atoms with Crippen LogP contribution < -0.4 is 11.1 Å². The number of nitrogens with zero attached hydrogens (tertiary/aromatic N) is 4. The molecule has 0 radical (unpaired) electrons. The second-order valence-electron chi connectivity index (χ2n) is 7.98. The van der Waals surface area contributed by atoms with Crippen molar-refractivity contribution in [1.29, 1.82) is 0 Å². The van der Waals surface area contributed by atoms with Gasteiger partial charge in [-0.2, -0.15) is 0 Å². The zero-order valence-electron chi connectivity index (χ0n) is 17.7. The summed E-state index contributed by atoms with van der Waals surface area (Å²) in [5.74, 6) is 1.04. The number of aromatic nitrogens is 1. The largest absolute Gasteiger partial charge is 0.370 e. The summed E-state index contributed by atoms with van der Waals surface area (Å²) in [6, 6.07) is 20.3. The van der Waals surface area contributed by atoms with Crippen LogP contribution in [0.25, 0.3) is 21.8 Å². The lowest BCUT2D eigenvalue weighted by Gasteiger charge is -2.23. The maximum atomic E-state index is 6.48. The van der Waals surface area contributed by atoms with Crippen LogP contribution in [0.2, 0.25) is 10.0 Å². The van der Waals surface area contributed by atoms with Crippen LogP contribution in [-0.2, 0) is 6.54 Å². The number of hydrogen-bond donors (Lipinski definition) is 2. The maximum absolute atomic E-state index is 6.48. The molecule has 1 atom stereocenters. The predicted molar refractivity (Wildman–Crippen MR) is 134 cm³/mol. The Morgan fingerprint density at radius 2 is 1.75 bits per heavy atom. The lowest BCUT2D eigenvalue weighted by molar-refractivity contribution is 0.579. The molecule has 1 aromatic heterocycles. The van der Waals surface area contributed by atoms with Crippen molar-refractivity contribution >= 4 is 56.9 Å². The monoisotopic (exact) mass is 464 g/mol. The van der Waals surface area contributed by atoms with Gasteiger partial charge in [0.2, 0.25) is 5.96 Å². The molecule has 2 heterocycles. The summed E-state index contributed by atoms with van der Waals surface area (Å²) in [6.45, 7) is 0.640. The quantitative estimate of drug-likeness (QED) is 0.448. The molecule has 1 aliphatic heterocycles. The molecule has 0 saturated heterocycles. The minimum absolute atomic E-state index is 0.355. The van der Waals surface area contributed by atoms with Gasteiger partial charge in [-0.05, 0) is 41.5 Å². The lowest BCUT2D eigenvalue weighted by Crippen LogP contribution is -2.46. The van der Waals surface area contributed by atoms with E-state index in [1.807, 2.05) is 37.2 Å². The number of rotatable bonds is 3. The maximum Gasteiger partial charge on any atom is 0.202 e. The number of para-hydroxylation sites is 1. The van der Waals surface area contributed by atoms with Crippen LogP contribution in [0.15, 0.2) is 70.6 Å². The number of hydrogen-bond acceptors (Lipinski definition) is 5. The van der Waals surface area contributed by atoms with E-state index in [9.17, 15) is 0 Å². The van der Waals surface area contributed by atoms with Gasteiger partial charge < -0.3 is 15.2 Å². The second-order valence-corrected chi connectivity index (χ2v) is 8.82. The topological polar surface area (TPSA) is 70.9 Å². The van der Waals surface area contributed by atoms with E-state index in [-0.39, 0.29) is 0 Å². The Bertz CT molecular complexity index is 1400. The minimum atomic E-state index is -0.397. The van der Waals surface area contributed by atoms with E-state index in [1.165, 1.54) is 0 Å². The third-order valence-electron chi connectivity index (χ3n) is 5.61. The van der Waals surface area contributed by atoms with Gasteiger partial charge in [-0.25, -0.2) is 9.98 Å². The van der Waals surface area contributed by atoms with E-state index < -0.39 is 6.17 Å². The number of aliphatic imine (C=N–C) groups is 2. The van der Waals surface area contributed by atoms with Crippen molar-refractivity contribution in [2.75, 3.05) is 14.1 Å². The highest BCUT2D eigenvalue weighted by Crippen LogP contribution is 2.34. The Balaban J connectivity index is 1.65. The third-order valence-corrected chi connectivity index (χ3v) is 6.19. The van der Waals surface area contributed by atoms with Crippen LogP contribution in [0.5, 0.6) is 0 Å². The molecule has 32 heavy (non-hydrogen) atoms. The van der Waals surface area contributed by atoms with Crippen molar-refractivity contribution in [1.82, 2.24) is 14.8 Å². The summed E-state index contributed by atoms with van der Waals surface area (Å²) in [6.07, 6.45) is -0.397. The summed E-state index contributed by atoms with van der Waals surface area (Å²) in [5, 5.41) is 6.59. The normalized spacial score (nSPS) is 16.1.